The van der Waals surface area contributed by atoms with Crippen LogP contribution in [0.1, 0.15) is 38.5 Å². The van der Waals surface area contributed by atoms with Gasteiger partial charge in [-0.05, 0) is 50.9 Å². The summed E-state index contributed by atoms with van der Waals surface area (Å²) in [4.78, 5) is 5.25. The molecule has 4 heteroatoms. The van der Waals surface area contributed by atoms with Gasteiger partial charge in [0.1, 0.15) is 5.76 Å². The van der Waals surface area contributed by atoms with Gasteiger partial charge in [0, 0.05) is 32.2 Å². The Kier molecular flexibility index (Phi) is 4.99. The molecule has 0 bridgehead atoms. The van der Waals surface area contributed by atoms with Crippen molar-refractivity contribution < 1.29 is 4.42 Å². The van der Waals surface area contributed by atoms with Gasteiger partial charge in [0.25, 0.3) is 0 Å². The minimum absolute atomic E-state index is 0.394. The van der Waals surface area contributed by atoms with E-state index in [9.17, 15) is 0 Å². The smallest absolute Gasteiger partial charge is 0.122 e. The first-order valence-electron chi connectivity index (χ1n) is 8.46. The fourth-order valence-electron chi connectivity index (χ4n) is 3.65. The van der Waals surface area contributed by atoms with E-state index < -0.39 is 0 Å². The van der Waals surface area contributed by atoms with Crippen molar-refractivity contribution in [2.45, 2.75) is 38.8 Å². The molecule has 118 valence electrons. The summed E-state index contributed by atoms with van der Waals surface area (Å²) >= 11 is 0. The number of nitrogens with zero attached hydrogens (tertiary/aromatic N) is 2. The maximum atomic E-state index is 5.77. The zero-order chi connectivity index (χ0) is 14.7. The minimum Gasteiger partial charge on any atom is -0.468 e. The topological polar surface area (TPSA) is 31.7 Å². The molecule has 0 aliphatic carbocycles. The van der Waals surface area contributed by atoms with E-state index in [2.05, 4.69) is 35.0 Å². The largest absolute Gasteiger partial charge is 0.468 e. The Hall–Kier alpha value is -0.840. The molecular formula is C17H29N3O. The lowest BCUT2D eigenvalue weighted by molar-refractivity contribution is 0.0615. The van der Waals surface area contributed by atoms with Gasteiger partial charge >= 0.3 is 0 Å². The molecule has 2 fully saturated rings. The number of hydrogen-bond acceptors (Lipinski definition) is 4. The van der Waals surface area contributed by atoms with Crippen LogP contribution in [0, 0.1) is 5.92 Å². The minimum atomic E-state index is 0.394. The Bertz CT molecular complexity index is 412. The lowest BCUT2D eigenvalue weighted by Crippen LogP contribution is -2.53. The Balaban J connectivity index is 1.70. The van der Waals surface area contributed by atoms with Crippen molar-refractivity contribution >= 4 is 0 Å². The predicted octanol–water partition coefficient (Wildman–Crippen LogP) is 2.35. The average Bonchev–Trinajstić information content (AvgIpc) is 3.02. The first kappa shape index (κ1) is 15.1. The summed E-state index contributed by atoms with van der Waals surface area (Å²) < 4.78 is 5.77. The number of hydrogen-bond donors (Lipinski definition) is 1. The van der Waals surface area contributed by atoms with Crippen molar-refractivity contribution in [3.63, 3.8) is 0 Å². The molecule has 2 atom stereocenters. The van der Waals surface area contributed by atoms with Crippen LogP contribution in [0.3, 0.4) is 0 Å². The molecule has 0 radical (unpaired) electrons. The Labute approximate surface area is 128 Å². The molecule has 21 heavy (non-hydrogen) atoms. The molecule has 0 aromatic carbocycles. The molecule has 1 aromatic rings. The van der Waals surface area contributed by atoms with Crippen LogP contribution < -0.4 is 5.32 Å². The quantitative estimate of drug-likeness (QED) is 0.923. The molecular weight excluding hydrogens is 262 g/mol. The molecule has 2 saturated heterocycles. The van der Waals surface area contributed by atoms with Gasteiger partial charge in [-0.2, -0.15) is 0 Å². The number of rotatable bonds is 4. The summed E-state index contributed by atoms with van der Waals surface area (Å²) in [5, 5.41) is 3.49. The molecule has 3 rings (SSSR count). The van der Waals surface area contributed by atoms with Crippen molar-refractivity contribution in [2.24, 2.45) is 5.92 Å². The Morgan fingerprint density at radius 2 is 2.10 bits per heavy atom. The average molecular weight is 291 g/mol. The number of piperidine rings is 1. The molecule has 1 N–H and O–H groups in total. The highest BCUT2D eigenvalue weighted by Gasteiger charge is 2.31. The van der Waals surface area contributed by atoms with E-state index in [0.717, 1.165) is 37.9 Å². The second-order valence-electron chi connectivity index (χ2n) is 6.81. The SMILES string of the molecule is CC1CCN(CC(c2ccco2)N2CCNCC2C)CC1. The monoisotopic (exact) mass is 291 g/mol. The van der Waals surface area contributed by atoms with E-state index in [-0.39, 0.29) is 0 Å². The summed E-state index contributed by atoms with van der Waals surface area (Å²) in [5.74, 6) is 2.02. The maximum Gasteiger partial charge on any atom is 0.122 e. The lowest BCUT2D eigenvalue weighted by Gasteiger charge is -2.42. The number of piperazine rings is 1. The van der Waals surface area contributed by atoms with E-state index in [1.54, 1.807) is 0 Å². The van der Waals surface area contributed by atoms with Crippen LogP contribution in [0.4, 0.5) is 0 Å². The molecule has 2 unspecified atom stereocenters. The zero-order valence-corrected chi connectivity index (χ0v) is 13.4. The van der Waals surface area contributed by atoms with Crippen LogP contribution in [0.15, 0.2) is 22.8 Å². The van der Waals surface area contributed by atoms with E-state index in [1.807, 2.05) is 12.3 Å². The molecule has 1 aromatic heterocycles. The van der Waals surface area contributed by atoms with Gasteiger partial charge in [-0.25, -0.2) is 0 Å². The van der Waals surface area contributed by atoms with Crippen LogP contribution >= 0.6 is 0 Å². The van der Waals surface area contributed by atoms with E-state index in [4.69, 9.17) is 4.42 Å². The first-order chi connectivity index (χ1) is 10.2. The van der Waals surface area contributed by atoms with Crippen molar-refractivity contribution in [3.8, 4) is 0 Å². The van der Waals surface area contributed by atoms with Gasteiger partial charge in [-0.15, -0.1) is 0 Å². The van der Waals surface area contributed by atoms with Crippen molar-refractivity contribution in [1.29, 1.82) is 0 Å². The highest BCUT2D eigenvalue weighted by molar-refractivity contribution is 5.07. The number of likely N-dealkylation sites (tertiary alicyclic amines) is 1. The molecule has 3 heterocycles. The van der Waals surface area contributed by atoms with Gasteiger partial charge in [0.05, 0.1) is 12.3 Å². The maximum absolute atomic E-state index is 5.77. The van der Waals surface area contributed by atoms with Gasteiger partial charge in [-0.3, -0.25) is 4.90 Å². The standard InChI is InChI=1S/C17H29N3O/c1-14-5-8-19(9-6-14)13-16(17-4-3-11-21-17)20-10-7-18-12-15(20)2/h3-4,11,14-16,18H,5-10,12-13H2,1-2H3. The van der Waals surface area contributed by atoms with Crippen LogP contribution in [0.25, 0.3) is 0 Å². The molecule has 2 aliphatic heterocycles. The molecule has 2 aliphatic rings. The molecule has 0 spiro atoms. The Morgan fingerprint density at radius 3 is 2.76 bits per heavy atom. The van der Waals surface area contributed by atoms with E-state index in [0.29, 0.717) is 12.1 Å². The third kappa shape index (κ3) is 3.68. The predicted molar refractivity (Wildman–Crippen MR) is 85.3 cm³/mol. The summed E-state index contributed by atoms with van der Waals surface area (Å²) in [6.07, 6.45) is 4.48. The van der Waals surface area contributed by atoms with Gasteiger partial charge < -0.3 is 14.6 Å². The molecule has 0 amide bonds. The Morgan fingerprint density at radius 1 is 1.29 bits per heavy atom. The van der Waals surface area contributed by atoms with Gasteiger partial charge in [-0.1, -0.05) is 6.92 Å². The van der Waals surface area contributed by atoms with Crippen LogP contribution in [0.5, 0.6) is 0 Å². The van der Waals surface area contributed by atoms with Crippen molar-refractivity contribution in [2.75, 3.05) is 39.3 Å². The summed E-state index contributed by atoms with van der Waals surface area (Å²) in [7, 11) is 0. The molecule has 4 nitrogen and oxygen atoms in total. The highest BCUT2D eigenvalue weighted by Crippen LogP contribution is 2.27. The highest BCUT2D eigenvalue weighted by atomic mass is 16.3. The summed E-state index contributed by atoms with van der Waals surface area (Å²) in [5.41, 5.74) is 0. The lowest BCUT2D eigenvalue weighted by atomic mass is 9.98. The second-order valence-corrected chi connectivity index (χ2v) is 6.81. The van der Waals surface area contributed by atoms with Crippen LogP contribution in [-0.4, -0.2) is 55.1 Å². The van der Waals surface area contributed by atoms with E-state index >= 15 is 0 Å². The fraction of sp³-hybridized carbons (Fsp3) is 0.765. The summed E-state index contributed by atoms with van der Waals surface area (Å²) in [6.45, 7) is 11.5. The third-order valence-corrected chi connectivity index (χ3v) is 5.13. The normalized spacial score (nSPS) is 27.8. The number of nitrogens with one attached hydrogen (secondary N) is 1. The third-order valence-electron chi connectivity index (χ3n) is 5.13. The van der Waals surface area contributed by atoms with Crippen LogP contribution in [-0.2, 0) is 0 Å². The number of furan rings is 1. The van der Waals surface area contributed by atoms with Crippen molar-refractivity contribution in [3.05, 3.63) is 24.2 Å². The summed E-state index contributed by atoms with van der Waals surface area (Å²) in [6, 6.07) is 5.13. The first-order valence-corrected chi connectivity index (χ1v) is 8.46. The molecule has 0 saturated carbocycles. The van der Waals surface area contributed by atoms with Crippen LogP contribution in [0.2, 0.25) is 0 Å². The second kappa shape index (κ2) is 6.95. The van der Waals surface area contributed by atoms with Gasteiger partial charge in [0.15, 0.2) is 0 Å². The fourth-order valence-corrected chi connectivity index (χ4v) is 3.65. The van der Waals surface area contributed by atoms with E-state index in [1.165, 1.54) is 25.9 Å². The zero-order valence-electron chi connectivity index (χ0n) is 13.4. The van der Waals surface area contributed by atoms with Gasteiger partial charge in [0.2, 0.25) is 0 Å². The van der Waals surface area contributed by atoms with Crippen molar-refractivity contribution in [1.82, 2.24) is 15.1 Å².